The van der Waals surface area contributed by atoms with Gasteiger partial charge in [-0.1, -0.05) is 0 Å². The second kappa shape index (κ2) is 8.55. The van der Waals surface area contributed by atoms with E-state index < -0.39 is 36.1 Å². The lowest BCUT2D eigenvalue weighted by Crippen LogP contribution is -2.43. The summed E-state index contributed by atoms with van der Waals surface area (Å²) >= 11 is 0. The van der Waals surface area contributed by atoms with E-state index in [1.165, 1.54) is 20.8 Å². The minimum Gasteiger partial charge on any atom is -0.389 e. The Labute approximate surface area is 133 Å². The lowest BCUT2D eigenvalue weighted by atomic mass is 10.1. The molecule has 22 heavy (non-hydrogen) atoms. The first-order valence-electron chi connectivity index (χ1n) is 7.05. The summed E-state index contributed by atoms with van der Waals surface area (Å²) < 4.78 is 56.5. The van der Waals surface area contributed by atoms with E-state index in [1.54, 1.807) is 13.8 Å². The molecule has 8 nitrogen and oxygen atoms in total. The molecule has 1 unspecified atom stereocenters. The monoisotopic (exact) mass is 360 g/mol. The van der Waals surface area contributed by atoms with Crippen LogP contribution in [0.5, 0.6) is 0 Å². The summed E-state index contributed by atoms with van der Waals surface area (Å²) in [6, 6.07) is 0. The van der Waals surface area contributed by atoms with Crippen molar-refractivity contribution < 1.29 is 26.7 Å². The van der Waals surface area contributed by atoms with Gasteiger partial charge in [0.15, 0.2) is 0 Å². The molecule has 0 spiro atoms. The van der Waals surface area contributed by atoms with Gasteiger partial charge in [-0.15, -0.1) is 0 Å². The van der Waals surface area contributed by atoms with Gasteiger partial charge in [0.25, 0.3) is 0 Å². The Kier molecular flexibility index (Phi) is 8.45. The van der Waals surface area contributed by atoms with Gasteiger partial charge >= 0.3 is 0 Å². The van der Waals surface area contributed by atoms with E-state index in [0.29, 0.717) is 0 Å². The van der Waals surface area contributed by atoms with Crippen molar-refractivity contribution in [3.05, 3.63) is 0 Å². The lowest BCUT2D eigenvalue weighted by molar-refractivity contribution is 0.0853. The second-order valence-corrected chi connectivity index (χ2v) is 10.6. The van der Waals surface area contributed by atoms with Crippen LogP contribution in [-0.2, 0) is 24.8 Å². The van der Waals surface area contributed by atoms with Crippen LogP contribution < -0.4 is 9.44 Å². The number of hydrogen-bond donors (Lipinski definition) is 3. The molecule has 0 saturated carbocycles. The summed E-state index contributed by atoms with van der Waals surface area (Å²) in [6.07, 6.45) is 0. The van der Waals surface area contributed by atoms with Crippen LogP contribution in [0.25, 0.3) is 0 Å². The van der Waals surface area contributed by atoms with E-state index >= 15 is 0 Å². The highest BCUT2D eigenvalue weighted by Gasteiger charge is 2.24. The smallest absolute Gasteiger partial charge is 0.216 e. The van der Waals surface area contributed by atoms with Crippen LogP contribution in [0.2, 0.25) is 0 Å². The van der Waals surface area contributed by atoms with E-state index in [1.807, 2.05) is 0 Å². The zero-order valence-electron chi connectivity index (χ0n) is 13.8. The fourth-order valence-electron chi connectivity index (χ4n) is 1.18. The van der Waals surface area contributed by atoms with Gasteiger partial charge in [0, 0.05) is 13.1 Å². The molecule has 3 N–H and O–H groups in total. The minimum atomic E-state index is -3.60. The number of ether oxygens (including phenoxy) is 1. The van der Waals surface area contributed by atoms with Crippen LogP contribution in [0.15, 0.2) is 0 Å². The van der Waals surface area contributed by atoms with Gasteiger partial charge in [-0.3, -0.25) is 0 Å². The van der Waals surface area contributed by atoms with Gasteiger partial charge in [-0.25, -0.2) is 26.3 Å². The Balaban J connectivity index is 4.11. The lowest BCUT2D eigenvalue weighted by Gasteiger charge is -2.20. The zero-order chi connectivity index (χ0) is 17.6. The molecule has 0 rings (SSSR count). The van der Waals surface area contributed by atoms with Crippen molar-refractivity contribution in [1.29, 1.82) is 0 Å². The molecule has 10 heteroatoms. The van der Waals surface area contributed by atoms with Gasteiger partial charge in [-0.2, -0.15) is 0 Å². The molecule has 0 heterocycles. The first-order valence-corrected chi connectivity index (χ1v) is 10.1. The zero-order valence-corrected chi connectivity index (χ0v) is 15.4. The summed E-state index contributed by atoms with van der Waals surface area (Å²) in [4.78, 5) is 0. The van der Waals surface area contributed by atoms with Gasteiger partial charge in [-0.05, 0) is 34.6 Å². The van der Waals surface area contributed by atoms with Crippen molar-refractivity contribution in [2.75, 3.05) is 26.3 Å². The summed E-state index contributed by atoms with van der Waals surface area (Å²) in [5.41, 5.74) is -1.14. The van der Waals surface area contributed by atoms with E-state index in [0.717, 1.165) is 0 Å². The average Bonchev–Trinajstić information content (AvgIpc) is 2.34. The van der Waals surface area contributed by atoms with Crippen molar-refractivity contribution >= 4 is 20.0 Å². The average molecular weight is 360 g/mol. The predicted molar refractivity (Wildman–Crippen MR) is 85.6 cm³/mol. The van der Waals surface area contributed by atoms with E-state index in [4.69, 9.17) is 4.74 Å². The Morgan fingerprint density at radius 3 is 2.05 bits per heavy atom. The van der Waals surface area contributed by atoms with Crippen molar-refractivity contribution in [3.8, 4) is 0 Å². The summed E-state index contributed by atoms with van der Waals surface area (Å²) in [5, 5.41) is 8.17. The molecule has 0 fully saturated rings. The van der Waals surface area contributed by atoms with Gasteiger partial charge in [0.1, 0.15) is 0 Å². The highest BCUT2D eigenvalue weighted by Crippen LogP contribution is 2.03. The minimum absolute atomic E-state index is 0.0649. The topological polar surface area (TPSA) is 122 Å². The molecule has 134 valence electrons. The summed E-state index contributed by atoms with van der Waals surface area (Å²) in [6.45, 7) is 7.61. The van der Waals surface area contributed by atoms with E-state index in [2.05, 4.69) is 9.44 Å². The molecule has 0 aromatic carbocycles. The highest BCUT2D eigenvalue weighted by atomic mass is 32.2. The molecule has 0 aliphatic heterocycles. The Morgan fingerprint density at radius 2 is 1.59 bits per heavy atom. The molecular weight excluding hydrogens is 332 g/mol. The van der Waals surface area contributed by atoms with Crippen LogP contribution in [0.3, 0.4) is 0 Å². The molecule has 0 bridgehead atoms. The van der Waals surface area contributed by atoms with Gasteiger partial charge in [0.05, 0.1) is 29.3 Å². The van der Waals surface area contributed by atoms with Gasteiger partial charge in [0.2, 0.25) is 20.0 Å². The Bertz CT molecular complexity index is 522. The maximum absolute atomic E-state index is 11.9. The maximum atomic E-state index is 11.9. The third kappa shape index (κ3) is 9.01. The molecule has 0 aromatic rings. The Hall–Kier alpha value is -0.260. The van der Waals surface area contributed by atoms with Crippen molar-refractivity contribution in [2.24, 2.45) is 0 Å². The van der Waals surface area contributed by atoms with Crippen LogP contribution in [0.1, 0.15) is 34.6 Å². The molecule has 0 aliphatic rings. The largest absolute Gasteiger partial charge is 0.389 e. The normalized spacial score (nSPS) is 15.2. The standard InChI is InChI=1S/C12H28N2O6S2/c1-10(2)21(16,17)13-6-7-20-8-11(3)22(18,19)14-9-12(4,5)15/h10-11,13-15H,6-9H2,1-5H3. The quantitative estimate of drug-likeness (QED) is 0.423. The Morgan fingerprint density at radius 1 is 1.05 bits per heavy atom. The SMILES string of the molecule is CC(C)S(=O)(=O)NCCOCC(C)S(=O)(=O)NCC(C)(C)O. The van der Waals surface area contributed by atoms with E-state index in [-0.39, 0.29) is 26.3 Å². The number of hydrogen-bond acceptors (Lipinski definition) is 6. The summed E-state index contributed by atoms with van der Waals surface area (Å²) in [5.74, 6) is 0. The molecule has 0 aromatic heterocycles. The molecule has 0 amide bonds. The van der Waals surface area contributed by atoms with Crippen molar-refractivity contribution in [3.63, 3.8) is 0 Å². The number of rotatable bonds is 11. The fourth-order valence-corrected chi connectivity index (χ4v) is 3.00. The van der Waals surface area contributed by atoms with Crippen LogP contribution in [-0.4, -0.2) is 64.3 Å². The molecule has 0 aliphatic carbocycles. The van der Waals surface area contributed by atoms with Crippen LogP contribution >= 0.6 is 0 Å². The number of sulfonamides is 2. The molecule has 0 saturated heterocycles. The third-order valence-corrected chi connectivity index (χ3v) is 6.35. The summed E-state index contributed by atoms with van der Waals surface area (Å²) in [7, 11) is -6.94. The first-order chi connectivity index (χ1) is 9.78. The highest BCUT2D eigenvalue weighted by molar-refractivity contribution is 7.90. The second-order valence-electron chi connectivity index (χ2n) is 6.05. The van der Waals surface area contributed by atoms with Crippen molar-refractivity contribution in [1.82, 2.24) is 9.44 Å². The first kappa shape index (κ1) is 21.7. The molecule has 1 atom stereocenters. The fraction of sp³-hybridized carbons (Fsp3) is 1.00. The molecule has 0 radical (unpaired) electrons. The predicted octanol–water partition coefficient (Wildman–Crippen LogP) is -0.590. The van der Waals surface area contributed by atoms with Crippen LogP contribution in [0.4, 0.5) is 0 Å². The molecular formula is C12H28N2O6S2. The number of aliphatic hydroxyl groups is 1. The van der Waals surface area contributed by atoms with Gasteiger partial charge < -0.3 is 9.84 Å². The van der Waals surface area contributed by atoms with Crippen molar-refractivity contribution in [2.45, 2.75) is 50.7 Å². The van der Waals surface area contributed by atoms with E-state index in [9.17, 15) is 21.9 Å². The third-order valence-electron chi connectivity index (χ3n) is 2.76. The number of nitrogens with one attached hydrogen (secondary N) is 2. The maximum Gasteiger partial charge on any atom is 0.216 e. The van der Waals surface area contributed by atoms with Crippen LogP contribution in [0, 0.1) is 0 Å².